The minimum absolute atomic E-state index is 0.0934. The number of halogens is 1. The molecule has 3 aliphatic rings. The van der Waals surface area contributed by atoms with Crippen molar-refractivity contribution in [2.45, 2.75) is 67.7 Å². The fourth-order valence-corrected chi connectivity index (χ4v) is 6.04. The van der Waals surface area contributed by atoms with Gasteiger partial charge in [0.05, 0.1) is 28.1 Å². The Kier molecular flexibility index (Phi) is 5.52. The number of fused-ring (bicyclic) bond motifs is 3. The number of carbonyl (C=O) groups is 1. The smallest absolute Gasteiger partial charge is 0.411 e. The quantitative estimate of drug-likeness (QED) is 0.459. The number of amides is 1. The van der Waals surface area contributed by atoms with Crippen molar-refractivity contribution < 1.29 is 27.1 Å². The zero-order valence-electron chi connectivity index (χ0n) is 20.5. The fraction of sp³-hybridized carbons (Fsp3) is 0.423. The van der Waals surface area contributed by atoms with Crippen LogP contribution in [0.3, 0.4) is 0 Å². The first-order valence-corrected chi connectivity index (χ1v) is 14.2. The van der Waals surface area contributed by atoms with Crippen molar-refractivity contribution in [3.05, 3.63) is 54.8 Å². The Labute approximate surface area is 213 Å². The third-order valence-electron chi connectivity index (χ3n) is 7.56. The lowest BCUT2D eigenvalue weighted by Gasteiger charge is -2.43. The Morgan fingerprint density at radius 3 is 2.49 bits per heavy atom. The lowest BCUT2D eigenvalue weighted by molar-refractivity contribution is -0.0591. The molecule has 2 aliphatic heterocycles. The van der Waals surface area contributed by atoms with Gasteiger partial charge in [0.25, 0.3) is 0 Å². The van der Waals surface area contributed by atoms with Gasteiger partial charge < -0.3 is 9.47 Å². The molecule has 37 heavy (non-hydrogen) atoms. The molecule has 0 unspecified atom stereocenters. The normalized spacial score (nSPS) is 24.2. The van der Waals surface area contributed by atoms with E-state index in [1.807, 2.05) is 19.1 Å². The van der Waals surface area contributed by atoms with Crippen LogP contribution in [0.15, 0.2) is 53.8 Å². The number of aromatic nitrogens is 3. The lowest BCUT2D eigenvalue weighted by Crippen LogP contribution is -2.53. The Bertz CT molecular complexity index is 1510. The Morgan fingerprint density at radius 2 is 1.86 bits per heavy atom. The van der Waals surface area contributed by atoms with Crippen LogP contribution in [0.1, 0.15) is 39.0 Å². The van der Waals surface area contributed by atoms with Crippen LogP contribution in [-0.2, 0) is 14.6 Å². The summed E-state index contributed by atoms with van der Waals surface area (Å²) in [6, 6.07) is 5.31. The SMILES string of the molecule is CC1(OC(=O)N2[C@H]3C=C[C@H]2CC(Oc2ncnc4c2ccn4-c2ccc(S(C)(=O)=O)cc2F)C3)CCC1. The second-order valence-corrected chi connectivity index (χ2v) is 12.3. The maximum absolute atomic E-state index is 14.9. The molecule has 1 amide bonds. The highest BCUT2D eigenvalue weighted by Crippen LogP contribution is 2.39. The molecule has 2 atom stereocenters. The highest BCUT2D eigenvalue weighted by atomic mass is 32.2. The molecule has 0 radical (unpaired) electrons. The second kappa shape index (κ2) is 8.54. The van der Waals surface area contributed by atoms with Gasteiger partial charge in [-0.3, -0.25) is 9.47 Å². The lowest BCUT2D eigenvalue weighted by atomic mass is 9.82. The topological polar surface area (TPSA) is 104 Å². The van der Waals surface area contributed by atoms with E-state index in [1.165, 1.54) is 23.0 Å². The molecule has 0 spiro atoms. The molecule has 1 aliphatic carbocycles. The van der Waals surface area contributed by atoms with Crippen molar-refractivity contribution in [2.75, 3.05) is 6.26 Å². The van der Waals surface area contributed by atoms with Crippen molar-refractivity contribution in [2.24, 2.45) is 0 Å². The number of hydrogen-bond acceptors (Lipinski definition) is 7. The first-order valence-electron chi connectivity index (χ1n) is 12.3. The molecule has 2 fully saturated rings. The average molecular weight is 527 g/mol. The van der Waals surface area contributed by atoms with Gasteiger partial charge in [0, 0.05) is 25.3 Å². The maximum atomic E-state index is 14.9. The molecule has 1 aromatic carbocycles. The number of rotatable bonds is 5. The van der Waals surface area contributed by atoms with Crippen molar-refractivity contribution in [3.63, 3.8) is 0 Å². The zero-order chi connectivity index (χ0) is 25.9. The Hall–Kier alpha value is -3.47. The molecular weight excluding hydrogens is 499 g/mol. The van der Waals surface area contributed by atoms with E-state index >= 15 is 0 Å². The van der Waals surface area contributed by atoms with E-state index in [0.717, 1.165) is 31.6 Å². The summed E-state index contributed by atoms with van der Waals surface area (Å²) in [5.74, 6) is -0.307. The summed E-state index contributed by atoms with van der Waals surface area (Å²) in [7, 11) is -3.53. The van der Waals surface area contributed by atoms with Gasteiger partial charge in [0.1, 0.15) is 23.8 Å². The van der Waals surface area contributed by atoms with Gasteiger partial charge in [0.2, 0.25) is 5.88 Å². The summed E-state index contributed by atoms with van der Waals surface area (Å²) in [6.07, 6.45) is 11.7. The molecule has 3 aromatic rings. The summed E-state index contributed by atoms with van der Waals surface area (Å²) in [5, 5.41) is 0.606. The number of sulfone groups is 1. The molecule has 194 valence electrons. The van der Waals surface area contributed by atoms with Gasteiger partial charge in [-0.1, -0.05) is 12.2 Å². The summed E-state index contributed by atoms with van der Waals surface area (Å²) < 4.78 is 52.0. The predicted molar refractivity (Wildman–Crippen MR) is 133 cm³/mol. The molecule has 1 saturated carbocycles. The second-order valence-electron chi connectivity index (χ2n) is 10.3. The van der Waals surface area contributed by atoms with Crippen molar-refractivity contribution in [1.29, 1.82) is 0 Å². The minimum Gasteiger partial charge on any atom is -0.474 e. The predicted octanol–water partition coefficient (Wildman–Crippen LogP) is 4.19. The Balaban J connectivity index is 1.21. The van der Waals surface area contributed by atoms with Gasteiger partial charge in [-0.05, 0) is 50.5 Å². The largest absolute Gasteiger partial charge is 0.474 e. The molecule has 4 heterocycles. The average Bonchev–Trinajstić information content (AvgIpc) is 3.37. The molecule has 0 N–H and O–H groups in total. The van der Waals surface area contributed by atoms with E-state index < -0.39 is 15.7 Å². The van der Waals surface area contributed by atoms with Crippen LogP contribution in [0.2, 0.25) is 0 Å². The van der Waals surface area contributed by atoms with Gasteiger partial charge >= 0.3 is 6.09 Å². The number of nitrogens with zero attached hydrogens (tertiary/aromatic N) is 4. The Morgan fingerprint density at radius 1 is 1.14 bits per heavy atom. The van der Waals surface area contributed by atoms with Gasteiger partial charge in [-0.25, -0.2) is 27.6 Å². The van der Waals surface area contributed by atoms with Crippen LogP contribution in [0.5, 0.6) is 5.88 Å². The number of piperidine rings is 1. The van der Waals surface area contributed by atoms with Crippen LogP contribution < -0.4 is 4.74 Å². The minimum atomic E-state index is -3.53. The molecular formula is C26H27FN4O5S. The van der Waals surface area contributed by atoms with E-state index in [9.17, 15) is 17.6 Å². The van der Waals surface area contributed by atoms with Crippen molar-refractivity contribution in [3.8, 4) is 11.6 Å². The fourth-order valence-electron chi connectivity index (χ4n) is 5.40. The molecule has 1 saturated heterocycles. The van der Waals surface area contributed by atoms with Gasteiger partial charge in [-0.2, -0.15) is 0 Å². The van der Waals surface area contributed by atoms with Crippen LogP contribution in [0, 0.1) is 5.82 Å². The summed E-state index contributed by atoms with van der Waals surface area (Å²) in [6.45, 7) is 1.98. The van der Waals surface area contributed by atoms with Crippen LogP contribution in [0.4, 0.5) is 9.18 Å². The van der Waals surface area contributed by atoms with E-state index in [-0.39, 0.29) is 40.5 Å². The number of benzene rings is 1. The van der Waals surface area contributed by atoms with E-state index in [1.54, 1.807) is 17.2 Å². The van der Waals surface area contributed by atoms with Crippen LogP contribution in [-0.4, -0.2) is 64.0 Å². The van der Waals surface area contributed by atoms with Crippen molar-refractivity contribution >= 4 is 27.0 Å². The van der Waals surface area contributed by atoms with Gasteiger partial charge in [-0.15, -0.1) is 0 Å². The maximum Gasteiger partial charge on any atom is 0.411 e. The molecule has 9 nitrogen and oxygen atoms in total. The standard InChI is InChI=1S/C26H27FN4O5S/c1-26(9-3-10-26)36-25(32)31-16-4-5-17(31)13-18(12-16)35-24-20-8-11-30(23(20)28-15-29-24)22-7-6-19(14-21(22)27)37(2,33)34/h4-8,11,14-18H,3,9-10,12-13H2,1-2H3/t16-,17-/m0/s1. The monoisotopic (exact) mass is 526 g/mol. The van der Waals surface area contributed by atoms with Crippen LogP contribution >= 0.6 is 0 Å². The summed E-state index contributed by atoms with van der Waals surface area (Å²) in [5.41, 5.74) is 0.252. The first-order chi connectivity index (χ1) is 17.6. The summed E-state index contributed by atoms with van der Waals surface area (Å²) in [4.78, 5) is 23.2. The number of hydrogen-bond donors (Lipinski definition) is 0. The third-order valence-corrected chi connectivity index (χ3v) is 8.67. The molecule has 2 bridgehead atoms. The summed E-state index contributed by atoms with van der Waals surface area (Å²) >= 11 is 0. The van der Waals surface area contributed by atoms with Gasteiger partial charge in [0.15, 0.2) is 15.5 Å². The molecule has 2 aromatic heterocycles. The number of ether oxygens (including phenoxy) is 2. The third kappa shape index (κ3) is 4.24. The number of carbonyl (C=O) groups excluding carboxylic acids is 1. The molecule has 6 rings (SSSR count). The van der Waals surface area contributed by atoms with E-state index in [0.29, 0.717) is 29.8 Å². The van der Waals surface area contributed by atoms with E-state index in [4.69, 9.17) is 9.47 Å². The zero-order valence-corrected chi connectivity index (χ0v) is 21.3. The van der Waals surface area contributed by atoms with Crippen molar-refractivity contribution in [1.82, 2.24) is 19.4 Å². The highest BCUT2D eigenvalue weighted by molar-refractivity contribution is 7.90. The first kappa shape index (κ1) is 23.9. The van der Waals surface area contributed by atoms with E-state index in [2.05, 4.69) is 9.97 Å². The molecule has 11 heteroatoms. The van der Waals surface area contributed by atoms with Crippen LogP contribution in [0.25, 0.3) is 16.7 Å². The highest BCUT2D eigenvalue weighted by Gasteiger charge is 2.45.